The van der Waals surface area contributed by atoms with Crippen LogP contribution in [0.1, 0.15) is 123 Å². The molecular formula is C29H46N2O3. The van der Waals surface area contributed by atoms with Gasteiger partial charge in [0.1, 0.15) is 5.75 Å². The van der Waals surface area contributed by atoms with E-state index in [2.05, 4.69) is 24.9 Å². The van der Waals surface area contributed by atoms with Crippen molar-refractivity contribution >= 4 is 5.97 Å². The van der Waals surface area contributed by atoms with Crippen LogP contribution in [0.3, 0.4) is 0 Å². The second-order valence-corrected chi connectivity index (χ2v) is 10.1. The Hall–Kier alpha value is -2.09. The van der Waals surface area contributed by atoms with Crippen LogP contribution < -0.4 is 9.47 Å². The molecule has 5 nitrogen and oxygen atoms in total. The fourth-order valence-corrected chi connectivity index (χ4v) is 4.84. The minimum absolute atomic E-state index is 0.130. The number of hydrogen-bond acceptors (Lipinski definition) is 5. The number of hydrogen-bond donors (Lipinski definition) is 0. The van der Waals surface area contributed by atoms with Crippen molar-refractivity contribution in [3.8, 4) is 17.7 Å². The van der Waals surface area contributed by atoms with E-state index in [9.17, 15) is 10.1 Å². The summed E-state index contributed by atoms with van der Waals surface area (Å²) in [7, 11) is 0. The number of ether oxygens (including phenoxy) is 2. The Morgan fingerprint density at radius 2 is 1.59 bits per heavy atom. The Morgan fingerprint density at radius 3 is 2.18 bits per heavy atom. The van der Waals surface area contributed by atoms with E-state index in [1.54, 1.807) is 18.3 Å². The quantitative estimate of drug-likeness (QED) is 0.169. The molecule has 34 heavy (non-hydrogen) atoms. The highest BCUT2D eigenvalue weighted by molar-refractivity contribution is 5.75. The largest absolute Gasteiger partial charge is 0.478 e. The predicted octanol–water partition coefficient (Wildman–Crippen LogP) is 8.18. The van der Waals surface area contributed by atoms with Gasteiger partial charge in [0.05, 0.1) is 30.2 Å². The molecule has 1 aromatic heterocycles. The molecule has 0 amide bonds. The number of aromatic nitrogens is 1. The number of rotatable bonds is 17. The normalized spacial score (nSPS) is 20.0. The van der Waals surface area contributed by atoms with Gasteiger partial charge in [0.15, 0.2) is 0 Å². The molecule has 0 atom stereocenters. The van der Waals surface area contributed by atoms with E-state index >= 15 is 0 Å². The monoisotopic (exact) mass is 470 g/mol. The number of pyridine rings is 1. The summed E-state index contributed by atoms with van der Waals surface area (Å²) < 4.78 is 11.3. The highest BCUT2D eigenvalue weighted by atomic mass is 16.5. The lowest BCUT2D eigenvalue weighted by molar-refractivity contribution is -0.140. The molecule has 1 heterocycles. The molecule has 0 radical (unpaired) electrons. The first-order valence-electron chi connectivity index (χ1n) is 13.8. The van der Waals surface area contributed by atoms with Crippen molar-refractivity contribution in [1.82, 2.24) is 4.98 Å². The van der Waals surface area contributed by atoms with Crippen LogP contribution in [-0.4, -0.2) is 17.6 Å². The highest BCUT2D eigenvalue weighted by Gasteiger charge is 2.38. The molecule has 1 aromatic rings. The molecular weight excluding hydrogens is 424 g/mol. The number of nitriles is 1. The van der Waals surface area contributed by atoms with Crippen molar-refractivity contribution in [2.75, 3.05) is 6.61 Å². The molecule has 0 spiro atoms. The Kier molecular flexibility index (Phi) is 13.7. The summed E-state index contributed by atoms with van der Waals surface area (Å²) in [5.74, 6) is 0.699. The molecule has 1 fully saturated rings. The van der Waals surface area contributed by atoms with Gasteiger partial charge in [0.2, 0.25) is 5.88 Å². The minimum Gasteiger partial charge on any atom is -0.478 e. The van der Waals surface area contributed by atoms with Crippen molar-refractivity contribution in [3.63, 3.8) is 0 Å². The molecule has 190 valence electrons. The SMILES string of the molecule is CCCCCCCCCOc1ccc(OC(=O)C2CCC(C#N)(CCCCCCC)CC2)cn1. The van der Waals surface area contributed by atoms with Crippen molar-refractivity contribution in [2.45, 2.75) is 123 Å². The van der Waals surface area contributed by atoms with Crippen LogP contribution in [0.15, 0.2) is 18.3 Å². The zero-order valence-electron chi connectivity index (χ0n) is 21.7. The van der Waals surface area contributed by atoms with Crippen LogP contribution in [0.25, 0.3) is 0 Å². The van der Waals surface area contributed by atoms with Gasteiger partial charge >= 0.3 is 5.97 Å². The van der Waals surface area contributed by atoms with Gasteiger partial charge in [-0.3, -0.25) is 4.79 Å². The Morgan fingerprint density at radius 1 is 0.971 bits per heavy atom. The molecule has 0 bridgehead atoms. The van der Waals surface area contributed by atoms with E-state index in [1.165, 1.54) is 64.2 Å². The van der Waals surface area contributed by atoms with Gasteiger partial charge in [-0.2, -0.15) is 5.26 Å². The summed E-state index contributed by atoms with van der Waals surface area (Å²) in [6.45, 7) is 5.12. The summed E-state index contributed by atoms with van der Waals surface area (Å²) in [4.78, 5) is 16.9. The first-order valence-corrected chi connectivity index (χ1v) is 13.8. The summed E-state index contributed by atoms with van der Waals surface area (Å²) >= 11 is 0. The molecule has 0 aliphatic heterocycles. The van der Waals surface area contributed by atoms with Gasteiger partial charge in [-0.15, -0.1) is 0 Å². The number of carbonyl (C=O) groups is 1. The van der Waals surface area contributed by atoms with E-state index < -0.39 is 0 Å². The molecule has 1 saturated carbocycles. The van der Waals surface area contributed by atoms with Gasteiger partial charge in [-0.1, -0.05) is 84.5 Å². The van der Waals surface area contributed by atoms with Crippen LogP contribution in [0, 0.1) is 22.7 Å². The number of esters is 1. The van der Waals surface area contributed by atoms with Gasteiger partial charge < -0.3 is 9.47 Å². The van der Waals surface area contributed by atoms with E-state index in [0.29, 0.717) is 18.2 Å². The standard InChI is InChI=1S/C29H46N2O3/c1-3-5-7-9-10-12-14-22-33-27-16-15-26(23-31-27)34-28(32)25-17-20-29(24-30,21-18-25)19-13-11-8-6-4-2/h15-16,23,25H,3-14,17-22H2,1-2H3. The first kappa shape index (κ1) is 28.1. The second kappa shape index (κ2) is 16.5. The summed E-state index contributed by atoms with van der Waals surface area (Å²) in [6, 6.07) is 6.11. The van der Waals surface area contributed by atoms with Gasteiger partial charge in [0.25, 0.3) is 0 Å². The van der Waals surface area contributed by atoms with E-state index in [-0.39, 0.29) is 17.3 Å². The fraction of sp³-hybridized carbons (Fsp3) is 0.759. The molecule has 1 aliphatic carbocycles. The fourth-order valence-electron chi connectivity index (χ4n) is 4.84. The Balaban J connectivity index is 1.65. The third-order valence-electron chi connectivity index (χ3n) is 7.20. The lowest BCUT2D eigenvalue weighted by atomic mass is 9.69. The molecule has 0 aromatic carbocycles. The second-order valence-electron chi connectivity index (χ2n) is 10.1. The molecule has 2 rings (SSSR count). The minimum atomic E-state index is -0.251. The Bertz CT molecular complexity index is 718. The Labute approximate surface area is 207 Å². The van der Waals surface area contributed by atoms with E-state index in [0.717, 1.165) is 44.9 Å². The van der Waals surface area contributed by atoms with Crippen LogP contribution >= 0.6 is 0 Å². The zero-order valence-corrected chi connectivity index (χ0v) is 21.7. The van der Waals surface area contributed by atoms with Gasteiger partial charge in [-0.25, -0.2) is 4.98 Å². The van der Waals surface area contributed by atoms with E-state index in [4.69, 9.17) is 9.47 Å². The molecule has 0 N–H and O–H groups in total. The van der Waals surface area contributed by atoms with Crippen LogP contribution in [0.4, 0.5) is 0 Å². The van der Waals surface area contributed by atoms with Crippen LogP contribution in [0.2, 0.25) is 0 Å². The summed E-state index contributed by atoms with van der Waals surface area (Å²) in [5.41, 5.74) is -0.251. The van der Waals surface area contributed by atoms with Crippen molar-refractivity contribution in [2.24, 2.45) is 11.3 Å². The van der Waals surface area contributed by atoms with Crippen LogP contribution in [0.5, 0.6) is 11.6 Å². The smallest absolute Gasteiger partial charge is 0.314 e. The van der Waals surface area contributed by atoms with Crippen molar-refractivity contribution in [1.29, 1.82) is 5.26 Å². The maximum absolute atomic E-state index is 12.7. The predicted molar refractivity (Wildman–Crippen MR) is 137 cm³/mol. The topological polar surface area (TPSA) is 72.2 Å². The van der Waals surface area contributed by atoms with Crippen molar-refractivity contribution in [3.05, 3.63) is 18.3 Å². The number of carbonyl (C=O) groups excluding carboxylic acids is 1. The van der Waals surface area contributed by atoms with Gasteiger partial charge in [-0.05, 0) is 44.6 Å². The number of nitrogens with zero attached hydrogens (tertiary/aromatic N) is 2. The summed E-state index contributed by atoms with van der Waals surface area (Å²) in [6.07, 6.45) is 20.4. The van der Waals surface area contributed by atoms with Gasteiger partial charge in [0, 0.05) is 6.07 Å². The molecule has 0 unspecified atom stereocenters. The zero-order chi connectivity index (χ0) is 24.5. The molecule has 0 saturated heterocycles. The maximum atomic E-state index is 12.7. The lowest BCUT2D eigenvalue weighted by Crippen LogP contribution is -2.31. The lowest BCUT2D eigenvalue weighted by Gasteiger charge is -2.34. The van der Waals surface area contributed by atoms with Crippen LogP contribution in [-0.2, 0) is 4.79 Å². The molecule has 5 heteroatoms. The molecule has 1 aliphatic rings. The van der Waals surface area contributed by atoms with E-state index in [1.807, 2.05) is 0 Å². The summed E-state index contributed by atoms with van der Waals surface area (Å²) in [5, 5.41) is 9.78. The van der Waals surface area contributed by atoms with Crippen molar-refractivity contribution < 1.29 is 14.3 Å². The third-order valence-corrected chi connectivity index (χ3v) is 7.20. The average Bonchev–Trinajstić information content (AvgIpc) is 2.87. The highest BCUT2D eigenvalue weighted by Crippen LogP contribution is 2.42. The number of unbranched alkanes of at least 4 members (excludes halogenated alkanes) is 10. The first-order chi connectivity index (χ1) is 16.6. The average molecular weight is 471 g/mol. The maximum Gasteiger partial charge on any atom is 0.314 e. The third kappa shape index (κ3) is 10.5.